The van der Waals surface area contributed by atoms with Gasteiger partial charge in [-0.15, -0.1) is 11.3 Å². The Kier molecular flexibility index (Phi) is 2.75. The van der Waals surface area contributed by atoms with Crippen molar-refractivity contribution in [1.82, 2.24) is 0 Å². The van der Waals surface area contributed by atoms with E-state index in [2.05, 4.69) is 50.1 Å². The molecule has 1 heterocycles. The molecule has 2 aromatic carbocycles. The van der Waals surface area contributed by atoms with Crippen LogP contribution in [0.15, 0.2) is 39.3 Å². The summed E-state index contributed by atoms with van der Waals surface area (Å²) in [6, 6.07) is 10.2. The van der Waals surface area contributed by atoms with Crippen molar-refractivity contribution in [3.8, 4) is 0 Å². The topological polar surface area (TPSA) is 0 Å². The number of hydrogen-bond donors (Lipinski definition) is 0. The van der Waals surface area contributed by atoms with Crippen LogP contribution in [0.4, 0.5) is 0 Å². The summed E-state index contributed by atoms with van der Waals surface area (Å²) in [6.07, 6.45) is 0. The van der Waals surface area contributed by atoms with Crippen molar-refractivity contribution in [2.75, 3.05) is 0 Å². The largest absolute Gasteiger partial charge is 0.134 e. The minimum Gasteiger partial charge on any atom is -0.134 e. The molecule has 4 heteroatoms. The molecule has 0 radical (unpaired) electrons. The third-order valence-electron chi connectivity index (χ3n) is 2.47. The van der Waals surface area contributed by atoms with Gasteiger partial charge in [-0.25, -0.2) is 0 Å². The van der Waals surface area contributed by atoms with Crippen LogP contribution < -0.4 is 0 Å². The van der Waals surface area contributed by atoms with Crippen LogP contribution in [-0.4, -0.2) is 0 Å². The van der Waals surface area contributed by atoms with Crippen LogP contribution in [0.25, 0.3) is 20.2 Å². The van der Waals surface area contributed by atoms with E-state index in [1.165, 1.54) is 14.8 Å². The normalized spacial score (nSPS) is 11.4. The molecule has 0 spiro atoms. The van der Waals surface area contributed by atoms with Crippen molar-refractivity contribution >= 4 is 75.0 Å². The first-order valence-corrected chi connectivity index (χ1v) is 7.40. The maximum atomic E-state index is 6.26. The summed E-state index contributed by atoms with van der Waals surface area (Å²) >= 11 is 15.1. The Morgan fingerprint density at radius 2 is 1.94 bits per heavy atom. The van der Waals surface area contributed by atoms with E-state index in [1.807, 2.05) is 12.1 Å². The van der Waals surface area contributed by atoms with Crippen LogP contribution in [0.1, 0.15) is 0 Å². The van der Waals surface area contributed by atoms with E-state index in [9.17, 15) is 0 Å². The standard InChI is InChI=1S/C12H5Br2ClS/c13-6-4-7-11-9(15)2-1-3-10(11)16-12(7)8(14)5-6/h1-5H. The Bertz CT molecular complexity index is 703. The van der Waals surface area contributed by atoms with Gasteiger partial charge in [0.15, 0.2) is 0 Å². The first-order chi connectivity index (χ1) is 7.66. The molecule has 0 N–H and O–H groups in total. The molecule has 3 aromatic rings. The second kappa shape index (κ2) is 3.98. The van der Waals surface area contributed by atoms with Crippen LogP contribution in [0, 0.1) is 0 Å². The van der Waals surface area contributed by atoms with Gasteiger partial charge in [0, 0.05) is 34.1 Å². The molecule has 0 nitrogen and oxygen atoms in total. The molecule has 0 saturated carbocycles. The molecule has 0 aliphatic carbocycles. The van der Waals surface area contributed by atoms with Crippen LogP contribution in [0.5, 0.6) is 0 Å². The maximum absolute atomic E-state index is 6.26. The zero-order chi connectivity index (χ0) is 11.3. The van der Waals surface area contributed by atoms with Crippen molar-refractivity contribution < 1.29 is 0 Å². The summed E-state index contributed by atoms with van der Waals surface area (Å²) in [5.41, 5.74) is 0. The molecule has 0 fully saturated rings. The third kappa shape index (κ3) is 1.61. The molecule has 0 unspecified atom stereocenters. The molecule has 1 aromatic heterocycles. The Labute approximate surface area is 118 Å². The molecule has 0 saturated heterocycles. The third-order valence-corrected chi connectivity index (χ3v) is 5.33. The minimum absolute atomic E-state index is 0.814. The predicted molar refractivity (Wildman–Crippen MR) is 79.7 cm³/mol. The highest BCUT2D eigenvalue weighted by Crippen LogP contribution is 2.42. The van der Waals surface area contributed by atoms with Crippen molar-refractivity contribution in [1.29, 1.82) is 0 Å². The van der Waals surface area contributed by atoms with Crippen LogP contribution in [0.2, 0.25) is 5.02 Å². The Hall–Kier alpha value is -0.0900. The van der Waals surface area contributed by atoms with Gasteiger partial charge in [-0.2, -0.15) is 0 Å². The van der Waals surface area contributed by atoms with Crippen LogP contribution >= 0.6 is 54.8 Å². The summed E-state index contributed by atoms with van der Waals surface area (Å²) < 4.78 is 4.63. The smallest absolute Gasteiger partial charge is 0.0499 e. The van der Waals surface area contributed by atoms with Crippen molar-refractivity contribution in [3.05, 3.63) is 44.3 Å². The SMILES string of the molecule is Clc1cccc2sc3c(Br)cc(Br)cc3c12. The van der Waals surface area contributed by atoms with Crippen molar-refractivity contribution in [2.24, 2.45) is 0 Å². The van der Waals surface area contributed by atoms with Gasteiger partial charge in [-0.1, -0.05) is 33.6 Å². The quantitative estimate of drug-likeness (QED) is 0.436. The highest BCUT2D eigenvalue weighted by Gasteiger charge is 2.11. The van der Waals surface area contributed by atoms with Gasteiger partial charge in [0.1, 0.15) is 0 Å². The second-order valence-electron chi connectivity index (χ2n) is 3.48. The average molecular weight is 377 g/mol. The Balaban J connectivity index is 2.63. The molecule has 0 aliphatic rings. The Morgan fingerprint density at radius 3 is 2.75 bits per heavy atom. The fourth-order valence-corrected chi connectivity index (χ4v) is 4.73. The van der Waals surface area contributed by atoms with E-state index in [4.69, 9.17) is 11.6 Å². The molecule has 0 amide bonds. The number of rotatable bonds is 0. The number of benzene rings is 2. The van der Waals surface area contributed by atoms with Gasteiger partial charge < -0.3 is 0 Å². The lowest BCUT2D eigenvalue weighted by Crippen LogP contribution is -1.71. The summed E-state index contributed by atoms with van der Waals surface area (Å²) in [4.78, 5) is 0. The lowest BCUT2D eigenvalue weighted by Gasteiger charge is -1.97. The summed E-state index contributed by atoms with van der Waals surface area (Å²) in [6.45, 7) is 0. The van der Waals surface area contributed by atoms with Gasteiger partial charge in [-0.05, 0) is 40.2 Å². The lowest BCUT2D eigenvalue weighted by atomic mass is 10.1. The van der Waals surface area contributed by atoms with E-state index < -0.39 is 0 Å². The molecular formula is C12H5Br2ClS. The fourth-order valence-electron chi connectivity index (χ4n) is 1.81. The molecule has 0 bridgehead atoms. The average Bonchev–Trinajstić information content (AvgIpc) is 2.58. The number of thiophene rings is 1. The predicted octanol–water partition coefficient (Wildman–Crippen LogP) is 6.23. The van der Waals surface area contributed by atoms with Crippen molar-refractivity contribution in [3.63, 3.8) is 0 Å². The summed E-state index contributed by atoms with van der Waals surface area (Å²) in [5.74, 6) is 0. The number of halogens is 3. The number of fused-ring (bicyclic) bond motifs is 3. The second-order valence-corrected chi connectivity index (χ2v) is 6.71. The van der Waals surface area contributed by atoms with Gasteiger partial charge in [0.05, 0.1) is 0 Å². The molecule has 80 valence electrons. The van der Waals surface area contributed by atoms with Gasteiger partial charge in [-0.3, -0.25) is 0 Å². The summed E-state index contributed by atoms with van der Waals surface area (Å²) in [5, 5.41) is 3.16. The van der Waals surface area contributed by atoms with Crippen molar-refractivity contribution in [2.45, 2.75) is 0 Å². The van der Waals surface area contributed by atoms with Crippen LogP contribution in [-0.2, 0) is 0 Å². The fraction of sp³-hybridized carbons (Fsp3) is 0. The van der Waals surface area contributed by atoms with Crippen LogP contribution in [0.3, 0.4) is 0 Å². The van der Waals surface area contributed by atoms with E-state index in [0.29, 0.717) is 0 Å². The van der Waals surface area contributed by atoms with E-state index in [0.717, 1.165) is 19.4 Å². The zero-order valence-corrected chi connectivity index (χ0v) is 12.7. The molecule has 0 atom stereocenters. The van der Waals surface area contributed by atoms with E-state index >= 15 is 0 Å². The summed E-state index contributed by atoms with van der Waals surface area (Å²) in [7, 11) is 0. The van der Waals surface area contributed by atoms with Gasteiger partial charge >= 0.3 is 0 Å². The first kappa shape index (κ1) is 11.0. The molecule has 16 heavy (non-hydrogen) atoms. The van der Waals surface area contributed by atoms with E-state index in [1.54, 1.807) is 11.3 Å². The maximum Gasteiger partial charge on any atom is 0.0499 e. The molecule has 0 aliphatic heterocycles. The van der Waals surface area contributed by atoms with Gasteiger partial charge in [0.2, 0.25) is 0 Å². The zero-order valence-electron chi connectivity index (χ0n) is 7.93. The number of hydrogen-bond acceptors (Lipinski definition) is 1. The Morgan fingerprint density at radius 1 is 1.12 bits per heavy atom. The minimum atomic E-state index is 0.814. The highest BCUT2D eigenvalue weighted by atomic mass is 79.9. The highest BCUT2D eigenvalue weighted by molar-refractivity contribution is 9.11. The van der Waals surface area contributed by atoms with Gasteiger partial charge in [0.25, 0.3) is 0 Å². The first-order valence-electron chi connectivity index (χ1n) is 4.62. The molecular weight excluding hydrogens is 371 g/mol. The monoisotopic (exact) mass is 374 g/mol. The lowest BCUT2D eigenvalue weighted by molar-refractivity contribution is 1.72. The van der Waals surface area contributed by atoms with E-state index in [-0.39, 0.29) is 0 Å². The molecule has 3 rings (SSSR count).